The van der Waals surface area contributed by atoms with Gasteiger partial charge in [-0.15, -0.1) is 0 Å². The zero-order valence-corrected chi connectivity index (χ0v) is 12.2. The van der Waals surface area contributed by atoms with Gasteiger partial charge in [0.1, 0.15) is 0 Å². The molecular weight excluding hydrogens is 270 g/mol. The molecule has 0 radical (unpaired) electrons. The van der Waals surface area contributed by atoms with Gasteiger partial charge >= 0.3 is 79.0 Å². The van der Waals surface area contributed by atoms with Crippen LogP contribution in [0.4, 0.5) is 0 Å². The van der Waals surface area contributed by atoms with Crippen LogP contribution in [0.15, 0.2) is 0 Å². The van der Waals surface area contributed by atoms with Gasteiger partial charge in [-0.2, -0.15) is 0 Å². The monoisotopic (exact) mass is 290 g/mol. The molecule has 0 saturated carbocycles. The van der Waals surface area contributed by atoms with E-state index in [0.29, 0.717) is 0 Å². The summed E-state index contributed by atoms with van der Waals surface area (Å²) in [7, 11) is -0.855. The molecule has 0 bridgehead atoms. The molecule has 0 heterocycles. The molecule has 0 fully saturated rings. The van der Waals surface area contributed by atoms with E-state index in [0.717, 1.165) is 32.7 Å². The van der Waals surface area contributed by atoms with Crippen molar-refractivity contribution in [2.45, 2.75) is 41.0 Å². The fraction of sp³-hybridized carbons (Fsp3) is 1.00. The molecule has 0 saturated heterocycles. The summed E-state index contributed by atoms with van der Waals surface area (Å²) in [4.78, 5) is 0. The van der Waals surface area contributed by atoms with Gasteiger partial charge in [0.15, 0.2) is 0 Å². The van der Waals surface area contributed by atoms with Crippen LogP contribution in [0, 0.1) is 0 Å². The molecule has 0 amide bonds. The SMILES string of the molecule is C[Se]C(C)([Se]C)[Si](C)(C)C. The Morgan fingerprint density at radius 2 is 1.30 bits per heavy atom. The van der Waals surface area contributed by atoms with Gasteiger partial charge in [-0.3, -0.25) is 0 Å². The molecule has 0 aromatic heterocycles. The van der Waals surface area contributed by atoms with E-state index in [9.17, 15) is 0 Å². The molecular formula is C7H18Se2Si. The van der Waals surface area contributed by atoms with Crippen LogP contribution in [0.5, 0.6) is 0 Å². The summed E-state index contributed by atoms with van der Waals surface area (Å²) >= 11 is 1.71. The van der Waals surface area contributed by atoms with Gasteiger partial charge in [-0.25, -0.2) is 0 Å². The second-order valence-electron chi connectivity index (χ2n) is 3.60. The van der Waals surface area contributed by atoms with Crippen LogP contribution >= 0.6 is 0 Å². The molecule has 0 unspecified atom stereocenters. The third-order valence-electron chi connectivity index (χ3n) is 2.14. The van der Waals surface area contributed by atoms with Crippen LogP contribution < -0.4 is 0 Å². The molecule has 62 valence electrons. The Morgan fingerprint density at radius 3 is 1.30 bits per heavy atom. The van der Waals surface area contributed by atoms with E-state index in [1.165, 1.54) is 0 Å². The molecule has 0 aliphatic heterocycles. The van der Waals surface area contributed by atoms with E-state index in [1.807, 2.05) is 0 Å². The van der Waals surface area contributed by atoms with Crippen molar-refractivity contribution < 1.29 is 0 Å². The van der Waals surface area contributed by atoms with Crippen molar-refractivity contribution in [3.05, 3.63) is 0 Å². The first-order valence-electron chi connectivity index (χ1n) is 3.47. The second-order valence-corrected chi connectivity index (χ2v) is 17.2. The Kier molecular flexibility index (Phi) is 4.25. The van der Waals surface area contributed by atoms with Crippen molar-refractivity contribution in [2.24, 2.45) is 0 Å². The third kappa shape index (κ3) is 2.39. The zero-order chi connectivity index (χ0) is 8.41. The van der Waals surface area contributed by atoms with Gasteiger partial charge < -0.3 is 0 Å². The fourth-order valence-corrected chi connectivity index (χ4v) is 11.8. The summed E-state index contributed by atoms with van der Waals surface area (Å²) in [5.41, 5.74) is 0. The minimum absolute atomic E-state index is 0.785. The molecule has 0 rings (SSSR count). The van der Waals surface area contributed by atoms with Crippen LogP contribution in [-0.4, -0.2) is 38.0 Å². The number of rotatable bonds is 3. The topological polar surface area (TPSA) is 0 Å². The molecule has 0 spiro atoms. The summed E-state index contributed by atoms with van der Waals surface area (Å²) in [6.07, 6.45) is 0. The average molecular weight is 288 g/mol. The second kappa shape index (κ2) is 3.78. The van der Waals surface area contributed by atoms with E-state index < -0.39 is 8.07 Å². The van der Waals surface area contributed by atoms with E-state index in [-0.39, 0.29) is 0 Å². The molecule has 0 N–H and O–H groups in total. The fourth-order valence-electron chi connectivity index (χ4n) is 0.696. The van der Waals surface area contributed by atoms with Crippen molar-refractivity contribution in [3.63, 3.8) is 0 Å². The van der Waals surface area contributed by atoms with Crippen molar-refractivity contribution in [1.82, 2.24) is 0 Å². The quantitative estimate of drug-likeness (QED) is 0.700. The Balaban J connectivity index is 4.33. The van der Waals surface area contributed by atoms with Crippen LogP contribution in [0.3, 0.4) is 0 Å². The maximum absolute atomic E-state index is 2.50. The summed E-state index contributed by atoms with van der Waals surface area (Å²) in [6.45, 7) is 10.0. The summed E-state index contributed by atoms with van der Waals surface area (Å²) < 4.78 is 0.785. The standard InChI is InChI=1S/C7H18Se2Si/c1-7(8-2,9-3)10(4,5)6/h1-6H3. The van der Waals surface area contributed by atoms with Crippen LogP contribution in [0.2, 0.25) is 34.1 Å². The normalized spacial score (nSPS) is 13.8. The van der Waals surface area contributed by atoms with E-state index in [1.54, 1.807) is 0 Å². The van der Waals surface area contributed by atoms with Crippen molar-refractivity contribution in [2.75, 3.05) is 0 Å². The number of hydrogen-bond acceptors (Lipinski definition) is 0. The predicted octanol–water partition coefficient (Wildman–Crippen LogP) is 2.50. The molecule has 3 heteroatoms. The number of hydrogen-bond donors (Lipinski definition) is 0. The van der Waals surface area contributed by atoms with Crippen LogP contribution in [-0.2, 0) is 0 Å². The average Bonchev–Trinajstić information content (AvgIpc) is 1.84. The third-order valence-corrected chi connectivity index (χ3v) is 21.6. The van der Waals surface area contributed by atoms with Gasteiger partial charge in [0.25, 0.3) is 0 Å². The van der Waals surface area contributed by atoms with Crippen LogP contribution in [0.1, 0.15) is 6.92 Å². The van der Waals surface area contributed by atoms with Gasteiger partial charge in [0.05, 0.1) is 0 Å². The maximum atomic E-state index is 2.50. The van der Waals surface area contributed by atoms with E-state index >= 15 is 0 Å². The Bertz CT molecular complexity index is 103. The van der Waals surface area contributed by atoms with Gasteiger partial charge in [-0.1, -0.05) is 0 Å². The van der Waals surface area contributed by atoms with Gasteiger partial charge in [0.2, 0.25) is 0 Å². The Hall–Kier alpha value is 1.26. The van der Waals surface area contributed by atoms with Crippen molar-refractivity contribution in [1.29, 1.82) is 0 Å². The zero-order valence-electron chi connectivity index (χ0n) is 7.82. The van der Waals surface area contributed by atoms with E-state index in [2.05, 4.69) is 38.2 Å². The van der Waals surface area contributed by atoms with Crippen molar-refractivity contribution in [3.8, 4) is 0 Å². The summed E-state index contributed by atoms with van der Waals surface area (Å²) in [5.74, 6) is 4.80. The minimum atomic E-state index is -0.855. The summed E-state index contributed by atoms with van der Waals surface area (Å²) in [6, 6.07) is 0. The molecule has 0 nitrogen and oxygen atoms in total. The molecule has 0 aromatic carbocycles. The molecule has 0 aliphatic carbocycles. The Labute approximate surface area is 78.9 Å². The van der Waals surface area contributed by atoms with Gasteiger partial charge in [-0.05, 0) is 0 Å². The molecule has 0 aromatic rings. The molecule has 0 aliphatic rings. The van der Waals surface area contributed by atoms with Crippen LogP contribution in [0.25, 0.3) is 0 Å². The Morgan fingerprint density at radius 1 is 1.00 bits per heavy atom. The van der Waals surface area contributed by atoms with Gasteiger partial charge in [0, 0.05) is 0 Å². The predicted molar refractivity (Wildman–Crippen MR) is 54.9 cm³/mol. The first-order chi connectivity index (χ1) is 4.37. The van der Waals surface area contributed by atoms with E-state index in [4.69, 9.17) is 0 Å². The first kappa shape index (κ1) is 11.3. The molecule has 0 atom stereocenters. The first-order valence-corrected chi connectivity index (χ1v) is 12.1. The molecule has 10 heavy (non-hydrogen) atoms. The summed E-state index contributed by atoms with van der Waals surface area (Å²) in [5, 5.41) is 0. The van der Waals surface area contributed by atoms with Crippen molar-refractivity contribution >= 4 is 38.0 Å².